The number of carbonyl (C=O) groups excluding carboxylic acids is 2. The molecule has 0 heterocycles. The first-order valence-electron chi connectivity index (χ1n) is 5.65. The van der Waals surface area contributed by atoms with Gasteiger partial charge in [0, 0.05) is 18.1 Å². The van der Waals surface area contributed by atoms with E-state index in [0.717, 1.165) is 5.56 Å². The van der Waals surface area contributed by atoms with Gasteiger partial charge in [0.15, 0.2) is 5.78 Å². The lowest BCUT2D eigenvalue weighted by Gasteiger charge is -1.99. The first-order chi connectivity index (χ1) is 8.17. The van der Waals surface area contributed by atoms with E-state index < -0.39 is 0 Å². The Balaban J connectivity index is 2.78. The van der Waals surface area contributed by atoms with Crippen LogP contribution in [0.2, 0.25) is 0 Å². The molecular weight excluding hydrogens is 216 g/mol. The van der Waals surface area contributed by atoms with Crippen LogP contribution in [0.25, 0.3) is 6.08 Å². The molecule has 0 aromatic heterocycles. The summed E-state index contributed by atoms with van der Waals surface area (Å²) in [6.45, 7) is 3.94. The molecule has 0 saturated heterocycles. The van der Waals surface area contributed by atoms with E-state index in [9.17, 15) is 9.59 Å². The molecule has 0 fully saturated rings. The fraction of sp³-hybridized carbons (Fsp3) is 0.286. The highest BCUT2D eigenvalue weighted by atomic mass is 16.5. The molecule has 1 aromatic rings. The maximum atomic E-state index is 11.5. The highest BCUT2D eigenvalue weighted by molar-refractivity contribution is 5.96. The number of ether oxygens (including phenoxy) is 1. The number of rotatable bonds is 5. The lowest BCUT2D eigenvalue weighted by atomic mass is 10.1. The smallest absolute Gasteiger partial charge is 0.330 e. The monoisotopic (exact) mass is 232 g/mol. The van der Waals surface area contributed by atoms with Gasteiger partial charge in [0.25, 0.3) is 0 Å². The SMILES string of the molecule is CCOC(=O)C=Cc1cccc(C(=O)CC)c1. The zero-order chi connectivity index (χ0) is 12.7. The Morgan fingerprint density at radius 3 is 2.71 bits per heavy atom. The third-order valence-electron chi connectivity index (χ3n) is 2.23. The lowest BCUT2D eigenvalue weighted by molar-refractivity contribution is -0.137. The van der Waals surface area contributed by atoms with E-state index in [-0.39, 0.29) is 11.8 Å². The van der Waals surface area contributed by atoms with Gasteiger partial charge in [-0.3, -0.25) is 4.79 Å². The molecule has 0 aliphatic rings. The van der Waals surface area contributed by atoms with Crippen LogP contribution >= 0.6 is 0 Å². The number of Topliss-reactive ketones (excluding diaryl/α,β-unsaturated/α-hetero) is 1. The van der Waals surface area contributed by atoms with Gasteiger partial charge in [-0.2, -0.15) is 0 Å². The van der Waals surface area contributed by atoms with Gasteiger partial charge in [-0.1, -0.05) is 25.1 Å². The molecule has 0 atom stereocenters. The van der Waals surface area contributed by atoms with Crippen molar-refractivity contribution in [2.24, 2.45) is 0 Å². The minimum atomic E-state index is -0.375. The van der Waals surface area contributed by atoms with Crippen LogP contribution < -0.4 is 0 Å². The molecule has 1 rings (SSSR count). The van der Waals surface area contributed by atoms with Crippen LogP contribution in [-0.4, -0.2) is 18.4 Å². The van der Waals surface area contributed by atoms with Gasteiger partial charge in [0.05, 0.1) is 6.61 Å². The predicted molar refractivity (Wildman–Crippen MR) is 66.7 cm³/mol. The van der Waals surface area contributed by atoms with E-state index in [1.54, 1.807) is 31.2 Å². The quantitative estimate of drug-likeness (QED) is 0.445. The first kappa shape index (κ1) is 13.2. The normalized spacial score (nSPS) is 10.5. The Morgan fingerprint density at radius 2 is 2.06 bits per heavy atom. The van der Waals surface area contributed by atoms with Crippen molar-refractivity contribution in [3.63, 3.8) is 0 Å². The van der Waals surface area contributed by atoms with Gasteiger partial charge < -0.3 is 4.74 Å². The minimum absolute atomic E-state index is 0.0939. The molecule has 0 amide bonds. The molecular formula is C14H16O3. The molecule has 0 unspecified atom stereocenters. The van der Waals surface area contributed by atoms with Gasteiger partial charge in [0.1, 0.15) is 0 Å². The second kappa shape index (κ2) is 6.63. The largest absolute Gasteiger partial charge is 0.463 e. The number of benzene rings is 1. The van der Waals surface area contributed by atoms with Gasteiger partial charge in [0.2, 0.25) is 0 Å². The average molecular weight is 232 g/mol. The zero-order valence-electron chi connectivity index (χ0n) is 10.1. The minimum Gasteiger partial charge on any atom is -0.463 e. The van der Waals surface area contributed by atoms with Crippen LogP contribution in [0.1, 0.15) is 36.2 Å². The summed E-state index contributed by atoms with van der Waals surface area (Å²) in [5.41, 5.74) is 1.48. The summed E-state index contributed by atoms with van der Waals surface area (Å²) in [6.07, 6.45) is 3.48. The topological polar surface area (TPSA) is 43.4 Å². The predicted octanol–water partition coefficient (Wildman–Crippen LogP) is 2.86. The van der Waals surface area contributed by atoms with Crippen LogP contribution in [0.4, 0.5) is 0 Å². The van der Waals surface area contributed by atoms with Crippen LogP contribution in [0.15, 0.2) is 30.3 Å². The van der Waals surface area contributed by atoms with E-state index in [4.69, 9.17) is 4.74 Å². The number of hydrogen-bond donors (Lipinski definition) is 0. The zero-order valence-corrected chi connectivity index (χ0v) is 10.1. The molecule has 0 saturated carbocycles. The van der Waals surface area contributed by atoms with Gasteiger partial charge in [-0.05, 0) is 24.6 Å². The number of carbonyl (C=O) groups is 2. The summed E-state index contributed by atoms with van der Waals surface area (Å²) in [7, 11) is 0. The summed E-state index contributed by atoms with van der Waals surface area (Å²) >= 11 is 0. The molecule has 0 spiro atoms. The van der Waals surface area contributed by atoms with Gasteiger partial charge in [-0.25, -0.2) is 4.79 Å². The van der Waals surface area contributed by atoms with E-state index in [0.29, 0.717) is 18.6 Å². The summed E-state index contributed by atoms with van der Waals surface area (Å²) in [5.74, 6) is -0.281. The second-order valence-corrected chi connectivity index (χ2v) is 3.49. The number of ketones is 1. The molecule has 90 valence electrons. The highest BCUT2D eigenvalue weighted by Gasteiger charge is 2.02. The highest BCUT2D eigenvalue weighted by Crippen LogP contribution is 2.09. The molecule has 0 aliphatic carbocycles. The Hall–Kier alpha value is -1.90. The molecule has 0 radical (unpaired) electrons. The first-order valence-corrected chi connectivity index (χ1v) is 5.65. The van der Waals surface area contributed by atoms with Crippen molar-refractivity contribution in [1.29, 1.82) is 0 Å². The molecule has 17 heavy (non-hydrogen) atoms. The Kier molecular flexibility index (Phi) is 5.14. The molecule has 0 aliphatic heterocycles. The van der Waals surface area contributed by atoms with Crippen molar-refractivity contribution in [2.45, 2.75) is 20.3 Å². The molecule has 3 heteroatoms. The molecule has 0 N–H and O–H groups in total. The van der Waals surface area contributed by atoms with Crippen molar-refractivity contribution < 1.29 is 14.3 Å². The Bertz CT molecular complexity index is 433. The van der Waals surface area contributed by atoms with Crippen molar-refractivity contribution in [2.75, 3.05) is 6.61 Å². The van der Waals surface area contributed by atoms with Gasteiger partial charge >= 0.3 is 5.97 Å². The number of esters is 1. The third-order valence-corrected chi connectivity index (χ3v) is 2.23. The van der Waals surface area contributed by atoms with Crippen molar-refractivity contribution in [3.8, 4) is 0 Å². The summed E-state index contributed by atoms with van der Waals surface area (Å²) in [6, 6.07) is 7.17. The van der Waals surface area contributed by atoms with Crippen molar-refractivity contribution >= 4 is 17.8 Å². The standard InChI is InChI=1S/C14H16O3/c1-3-13(15)12-7-5-6-11(10-12)8-9-14(16)17-4-2/h5-10H,3-4H2,1-2H3. The molecule has 0 bridgehead atoms. The van der Waals surface area contributed by atoms with Crippen LogP contribution in [0.3, 0.4) is 0 Å². The third kappa shape index (κ3) is 4.23. The van der Waals surface area contributed by atoms with Gasteiger partial charge in [-0.15, -0.1) is 0 Å². The van der Waals surface area contributed by atoms with Crippen LogP contribution in [0, 0.1) is 0 Å². The number of hydrogen-bond acceptors (Lipinski definition) is 3. The lowest BCUT2D eigenvalue weighted by Crippen LogP contribution is -1.99. The summed E-state index contributed by atoms with van der Waals surface area (Å²) < 4.78 is 4.77. The second-order valence-electron chi connectivity index (χ2n) is 3.49. The fourth-order valence-electron chi connectivity index (χ4n) is 1.37. The Morgan fingerprint density at radius 1 is 1.29 bits per heavy atom. The fourth-order valence-corrected chi connectivity index (χ4v) is 1.37. The molecule has 3 nitrogen and oxygen atoms in total. The van der Waals surface area contributed by atoms with E-state index in [1.165, 1.54) is 6.08 Å². The van der Waals surface area contributed by atoms with E-state index in [1.807, 2.05) is 13.0 Å². The average Bonchev–Trinajstić information content (AvgIpc) is 2.36. The summed E-state index contributed by atoms with van der Waals surface area (Å²) in [5, 5.41) is 0. The van der Waals surface area contributed by atoms with Crippen molar-refractivity contribution in [1.82, 2.24) is 0 Å². The Labute approximate surface area is 101 Å². The van der Waals surface area contributed by atoms with Crippen molar-refractivity contribution in [3.05, 3.63) is 41.5 Å². The van der Waals surface area contributed by atoms with Crippen LogP contribution in [-0.2, 0) is 9.53 Å². The maximum Gasteiger partial charge on any atom is 0.330 e. The van der Waals surface area contributed by atoms with Crippen LogP contribution in [0.5, 0.6) is 0 Å². The van der Waals surface area contributed by atoms with E-state index in [2.05, 4.69) is 0 Å². The maximum absolute atomic E-state index is 11.5. The molecule has 1 aromatic carbocycles. The van der Waals surface area contributed by atoms with E-state index >= 15 is 0 Å². The summed E-state index contributed by atoms with van der Waals surface area (Å²) in [4.78, 5) is 22.6.